The van der Waals surface area contributed by atoms with Gasteiger partial charge in [0.2, 0.25) is 5.90 Å². The minimum atomic E-state index is -0.618. The summed E-state index contributed by atoms with van der Waals surface area (Å²) in [5, 5.41) is 1.57. The number of nitrogens with zero attached hydrogens (tertiary/aromatic N) is 1. The number of aliphatic imine (C=N–C) groups is 1. The van der Waals surface area contributed by atoms with Crippen LogP contribution in [0.1, 0.15) is 26.4 Å². The standard InChI is InChI=1S/C26H14BrCl2NO4S/c1-13-3-2-4-14(9-13)24-30-19(25(31)34-24)11-15-10-16(27)5-8-20(15)33-26(32)23-22(29)18-7-6-17(28)12-21(18)35-23/h2-12H,1H3/b19-11+. The molecule has 0 bridgehead atoms. The molecule has 0 fully saturated rings. The van der Waals surface area contributed by atoms with E-state index in [1.54, 1.807) is 36.4 Å². The van der Waals surface area contributed by atoms with E-state index in [-0.39, 0.29) is 22.2 Å². The highest BCUT2D eigenvalue weighted by Gasteiger charge is 2.25. The lowest BCUT2D eigenvalue weighted by atomic mass is 10.1. The number of hydrogen-bond acceptors (Lipinski definition) is 6. The van der Waals surface area contributed by atoms with E-state index < -0.39 is 11.9 Å². The van der Waals surface area contributed by atoms with Crippen LogP contribution in [-0.2, 0) is 9.53 Å². The number of carbonyl (C=O) groups excluding carboxylic acids is 2. The van der Waals surface area contributed by atoms with Crippen molar-refractivity contribution in [2.45, 2.75) is 6.92 Å². The molecule has 9 heteroatoms. The summed E-state index contributed by atoms with van der Waals surface area (Å²) in [5.41, 5.74) is 2.27. The molecular formula is C26H14BrCl2NO4S. The summed E-state index contributed by atoms with van der Waals surface area (Å²) in [5.74, 6) is -0.756. The van der Waals surface area contributed by atoms with Crippen LogP contribution in [0.2, 0.25) is 10.0 Å². The number of ether oxygens (including phenoxy) is 2. The number of hydrogen-bond donors (Lipinski definition) is 0. The van der Waals surface area contributed by atoms with E-state index in [0.717, 1.165) is 20.1 Å². The molecular weight excluding hydrogens is 573 g/mol. The number of aryl methyl sites for hydroxylation is 1. The van der Waals surface area contributed by atoms with Crippen LogP contribution in [0, 0.1) is 6.92 Å². The summed E-state index contributed by atoms with van der Waals surface area (Å²) in [6.45, 7) is 1.94. The zero-order valence-electron chi connectivity index (χ0n) is 18.0. The van der Waals surface area contributed by atoms with Crippen molar-refractivity contribution >= 4 is 84.5 Å². The Kier molecular flexibility index (Phi) is 6.51. The van der Waals surface area contributed by atoms with Crippen molar-refractivity contribution in [3.8, 4) is 5.75 Å². The van der Waals surface area contributed by atoms with Gasteiger partial charge in [-0.3, -0.25) is 0 Å². The molecule has 174 valence electrons. The lowest BCUT2D eigenvalue weighted by Crippen LogP contribution is -2.08. The molecule has 1 aliphatic rings. The van der Waals surface area contributed by atoms with Gasteiger partial charge in [0.05, 0.1) is 5.02 Å². The fraction of sp³-hybridized carbons (Fsp3) is 0.0385. The predicted molar refractivity (Wildman–Crippen MR) is 143 cm³/mol. The first-order chi connectivity index (χ1) is 16.8. The molecule has 0 unspecified atom stereocenters. The van der Waals surface area contributed by atoms with E-state index in [1.165, 1.54) is 17.4 Å². The molecule has 0 radical (unpaired) electrons. The Morgan fingerprint density at radius 3 is 2.74 bits per heavy atom. The lowest BCUT2D eigenvalue weighted by molar-refractivity contribution is -0.129. The molecule has 0 N–H and O–H groups in total. The SMILES string of the molecule is Cc1cccc(C2=N/C(=C/c3cc(Br)ccc3OC(=O)c3sc4cc(Cl)ccc4c3Cl)C(=O)O2)c1. The van der Waals surface area contributed by atoms with E-state index in [1.807, 2.05) is 31.2 Å². The minimum absolute atomic E-state index is 0.0893. The summed E-state index contributed by atoms with van der Waals surface area (Å²) >= 11 is 17.1. The Labute approximate surface area is 222 Å². The first-order valence-corrected chi connectivity index (χ1v) is 12.6. The predicted octanol–water partition coefficient (Wildman–Crippen LogP) is 7.84. The molecule has 1 aliphatic heterocycles. The molecule has 1 aromatic heterocycles. The van der Waals surface area contributed by atoms with Crippen LogP contribution in [0.5, 0.6) is 5.75 Å². The van der Waals surface area contributed by atoms with Crippen LogP contribution in [0.4, 0.5) is 0 Å². The highest BCUT2D eigenvalue weighted by atomic mass is 79.9. The number of carbonyl (C=O) groups is 2. The molecule has 35 heavy (non-hydrogen) atoms. The van der Waals surface area contributed by atoms with Crippen molar-refractivity contribution in [3.63, 3.8) is 0 Å². The molecule has 2 heterocycles. The molecule has 0 aliphatic carbocycles. The quantitative estimate of drug-likeness (QED) is 0.139. The molecule has 0 saturated carbocycles. The molecule has 3 aromatic carbocycles. The second kappa shape index (κ2) is 9.59. The Balaban J connectivity index is 1.48. The van der Waals surface area contributed by atoms with Crippen LogP contribution in [0.3, 0.4) is 0 Å². The van der Waals surface area contributed by atoms with E-state index in [9.17, 15) is 9.59 Å². The van der Waals surface area contributed by atoms with Gasteiger partial charge >= 0.3 is 11.9 Å². The summed E-state index contributed by atoms with van der Waals surface area (Å²) in [6, 6.07) is 17.8. The highest BCUT2D eigenvalue weighted by Crippen LogP contribution is 2.38. The van der Waals surface area contributed by atoms with Crippen molar-refractivity contribution in [2.24, 2.45) is 4.99 Å². The summed E-state index contributed by atoms with van der Waals surface area (Å²) in [4.78, 5) is 30.1. The number of cyclic esters (lactones) is 1. The van der Waals surface area contributed by atoms with Gasteiger partial charge in [0, 0.05) is 30.7 Å². The topological polar surface area (TPSA) is 65.0 Å². The third-order valence-corrected chi connectivity index (χ3v) is 7.49. The van der Waals surface area contributed by atoms with Crippen LogP contribution in [0.15, 0.2) is 75.8 Å². The maximum atomic E-state index is 13.0. The zero-order valence-corrected chi connectivity index (χ0v) is 21.9. The molecule has 0 amide bonds. The van der Waals surface area contributed by atoms with E-state index >= 15 is 0 Å². The number of esters is 2. The van der Waals surface area contributed by atoms with Gasteiger partial charge in [-0.2, -0.15) is 0 Å². The van der Waals surface area contributed by atoms with Gasteiger partial charge in [0.15, 0.2) is 5.70 Å². The molecule has 4 aromatic rings. The lowest BCUT2D eigenvalue weighted by Gasteiger charge is -2.08. The van der Waals surface area contributed by atoms with Crippen molar-refractivity contribution in [1.29, 1.82) is 0 Å². The van der Waals surface area contributed by atoms with Gasteiger partial charge in [0.25, 0.3) is 0 Å². The molecule has 5 nitrogen and oxygen atoms in total. The van der Waals surface area contributed by atoms with Crippen LogP contribution >= 0.6 is 50.5 Å². The van der Waals surface area contributed by atoms with Crippen molar-refractivity contribution in [2.75, 3.05) is 0 Å². The average Bonchev–Trinajstić information content (AvgIpc) is 3.35. The number of rotatable bonds is 4. The first kappa shape index (κ1) is 23.8. The number of benzene rings is 3. The monoisotopic (exact) mass is 585 g/mol. The average molecular weight is 587 g/mol. The third kappa shape index (κ3) is 4.90. The number of halogens is 3. The zero-order chi connectivity index (χ0) is 24.7. The van der Waals surface area contributed by atoms with Crippen molar-refractivity contribution in [3.05, 3.63) is 102 Å². The van der Waals surface area contributed by atoms with Gasteiger partial charge in [-0.25, -0.2) is 14.6 Å². The van der Waals surface area contributed by atoms with E-state index in [0.29, 0.717) is 21.2 Å². The first-order valence-electron chi connectivity index (χ1n) is 10.3. The maximum absolute atomic E-state index is 13.0. The summed E-state index contributed by atoms with van der Waals surface area (Å²) in [7, 11) is 0. The Hall–Kier alpha value is -2.97. The summed E-state index contributed by atoms with van der Waals surface area (Å²) in [6.07, 6.45) is 1.52. The fourth-order valence-electron chi connectivity index (χ4n) is 3.50. The minimum Gasteiger partial charge on any atom is -0.422 e. The Morgan fingerprint density at radius 1 is 1.11 bits per heavy atom. The van der Waals surface area contributed by atoms with Gasteiger partial charge in [-0.1, -0.05) is 62.9 Å². The van der Waals surface area contributed by atoms with Gasteiger partial charge in [-0.05, 0) is 55.5 Å². The highest BCUT2D eigenvalue weighted by molar-refractivity contribution is 9.10. The Bertz CT molecular complexity index is 1590. The van der Waals surface area contributed by atoms with E-state index in [4.69, 9.17) is 32.7 Å². The molecule has 0 saturated heterocycles. The number of thiophene rings is 1. The smallest absolute Gasteiger partial charge is 0.363 e. The fourth-order valence-corrected chi connectivity index (χ4v) is 5.54. The van der Waals surface area contributed by atoms with Gasteiger partial charge in [0.1, 0.15) is 10.6 Å². The molecule has 0 spiro atoms. The largest absolute Gasteiger partial charge is 0.422 e. The molecule has 5 rings (SSSR count). The second-order valence-corrected chi connectivity index (χ2v) is 10.4. The van der Waals surface area contributed by atoms with Crippen LogP contribution < -0.4 is 4.74 Å². The van der Waals surface area contributed by atoms with Gasteiger partial charge in [-0.15, -0.1) is 11.3 Å². The number of fused-ring (bicyclic) bond motifs is 1. The van der Waals surface area contributed by atoms with E-state index in [2.05, 4.69) is 20.9 Å². The summed E-state index contributed by atoms with van der Waals surface area (Å²) < 4.78 is 12.6. The molecule has 0 atom stereocenters. The van der Waals surface area contributed by atoms with Crippen LogP contribution in [-0.4, -0.2) is 17.8 Å². The Morgan fingerprint density at radius 2 is 1.94 bits per heavy atom. The second-order valence-electron chi connectivity index (χ2n) is 7.66. The maximum Gasteiger partial charge on any atom is 0.363 e. The normalized spacial score (nSPS) is 14.3. The third-order valence-electron chi connectivity index (χ3n) is 5.13. The van der Waals surface area contributed by atoms with Crippen molar-refractivity contribution in [1.82, 2.24) is 0 Å². The van der Waals surface area contributed by atoms with Crippen LogP contribution in [0.25, 0.3) is 16.2 Å². The van der Waals surface area contributed by atoms with Crippen molar-refractivity contribution < 1.29 is 19.1 Å². The van der Waals surface area contributed by atoms with Gasteiger partial charge < -0.3 is 9.47 Å².